The van der Waals surface area contributed by atoms with Gasteiger partial charge < -0.3 is 5.32 Å². The summed E-state index contributed by atoms with van der Waals surface area (Å²) in [5, 5.41) is 7.94. The fourth-order valence-electron chi connectivity index (χ4n) is 2.54. The molecule has 0 amide bonds. The topological polar surface area (TPSA) is 42.7 Å². The Morgan fingerprint density at radius 2 is 2.21 bits per heavy atom. The van der Waals surface area contributed by atoms with Crippen molar-refractivity contribution in [2.24, 2.45) is 13.0 Å². The lowest BCUT2D eigenvalue weighted by molar-refractivity contribution is 0.285. The molecule has 1 N–H and O–H groups in total. The number of hydrogen-bond acceptors (Lipinski definition) is 3. The largest absolute Gasteiger partial charge is 0.382 e. The fourth-order valence-corrected chi connectivity index (χ4v) is 2.54. The van der Waals surface area contributed by atoms with E-state index in [9.17, 15) is 0 Å². The van der Waals surface area contributed by atoms with Crippen molar-refractivity contribution < 1.29 is 0 Å². The van der Waals surface area contributed by atoms with Crippen LogP contribution >= 0.6 is 0 Å². The van der Waals surface area contributed by atoms with E-state index in [1.807, 2.05) is 7.05 Å². The molecule has 4 heteroatoms. The number of hydrogen-bond donors (Lipinski definition) is 1. The average Bonchev–Trinajstić information content (AvgIpc) is 2.74. The Balaban J connectivity index is 1.75. The second kappa shape index (κ2) is 5.03. The molecule has 19 heavy (non-hydrogen) atoms. The summed E-state index contributed by atoms with van der Waals surface area (Å²) in [6, 6.07) is 8.89. The minimum Gasteiger partial charge on any atom is -0.382 e. The highest BCUT2D eigenvalue weighted by Gasteiger charge is 2.23. The summed E-state index contributed by atoms with van der Waals surface area (Å²) in [4.78, 5) is 4.29. The molecule has 0 saturated heterocycles. The van der Waals surface area contributed by atoms with E-state index in [0.29, 0.717) is 6.04 Å². The van der Waals surface area contributed by atoms with E-state index in [-0.39, 0.29) is 0 Å². The standard InChI is InChI=1S/C15H20N4/c1-11(12-5-3-6-12)17-14-8-4-7-13(9-14)15-16-10-19(2)18-15/h4,7-12,17H,3,5-6H2,1-2H3/t11-/m0/s1. The summed E-state index contributed by atoms with van der Waals surface area (Å²) in [6.07, 6.45) is 5.83. The first kappa shape index (κ1) is 12.2. The van der Waals surface area contributed by atoms with Gasteiger partial charge in [0.2, 0.25) is 0 Å². The molecule has 0 unspecified atom stereocenters. The molecule has 4 nitrogen and oxygen atoms in total. The number of rotatable bonds is 4. The lowest BCUT2D eigenvalue weighted by Gasteiger charge is -2.32. The molecule has 2 aromatic rings. The van der Waals surface area contributed by atoms with Crippen LogP contribution in [0.15, 0.2) is 30.6 Å². The molecule has 1 heterocycles. The summed E-state index contributed by atoms with van der Waals surface area (Å²) in [6.45, 7) is 2.27. The Labute approximate surface area is 113 Å². The van der Waals surface area contributed by atoms with E-state index in [0.717, 1.165) is 23.0 Å². The van der Waals surface area contributed by atoms with Gasteiger partial charge in [-0.3, -0.25) is 4.68 Å². The molecule has 0 bridgehead atoms. The van der Waals surface area contributed by atoms with E-state index in [1.54, 1.807) is 11.0 Å². The number of benzene rings is 1. The van der Waals surface area contributed by atoms with Crippen molar-refractivity contribution >= 4 is 5.69 Å². The van der Waals surface area contributed by atoms with Crippen LogP contribution in [0.5, 0.6) is 0 Å². The average molecular weight is 256 g/mol. The van der Waals surface area contributed by atoms with Crippen molar-refractivity contribution in [2.75, 3.05) is 5.32 Å². The molecule has 1 aliphatic rings. The fraction of sp³-hybridized carbons (Fsp3) is 0.467. The predicted molar refractivity (Wildman–Crippen MR) is 76.9 cm³/mol. The minimum absolute atomic E-state index is 0.542. The van der Waals surface area contributed by atoms with Crippen LogP contribution in [0.3, 0.4) is 0 Å². The molecular weight excluding hydrogens is 236 g/mol. The van der Waals surface area contributed by atoms with Crippen molar-refractivity contribution in [3.63, 3.8) is 0 Å². The van der Waals surface area contributed by atoms with Gasteiger partial charge in [-0.2, -0.15) is 5.10 Å². The molecule has 0 aliphatic heterocycles. The maximum Gasteiger partial charge on any atom is 0.181 e. The van der Waals surface area contributed by atoms with Gasteiger partial charge in [-0.25, -0.2) is 4.98 Å². The summed E-state index contributed by atoms with van der Waals surface area (Å²) in [5.74, 6) is 1.61. The minimum atomic E-state index is 0.542. The van der Waals surface area contributed by atoms with Gasteiger partial charge in [0.05, 0.1) is 0 Å². The Morgan fingerprint density at radius 3 is 2.84 bits per heavy atom. The van der Waals surface area contributed by atoms with E-state index in [4.69, 9.17) is 0 Å². The van der Waals surface area contributed by atoms with Crippen LogP contribution in [0.2, 0.25) is 0 Å². The number of anilines is 1. The lowest BCUT2D eigenvalue weighted by Crippen LogP contribution is -2.30. The zero-order valence-electron chi connectivity index (χ0n) is 11.5. The molecule has 3 rings (SSSR count). The second-order valence-electron chi connectivity index (χ2n) is 5.45. The van der Waals surface area contributed by atoms with Crippen molar-refractivity contribution in [1.29, 1.82) is 0 Å². The Bertz CT molecular complexity index is 557. The smallest absolute Gasteiger partial charge is 0.181 e. The third kappa shape index (κ3) is 2.62. The predicted octanol–water partition coefficient (Wildman–Crippen LogP) is 3.08. The van der Waals surface area contributed by atoms with Gasteiger partial charge in [-0.1, -0.05) is 18.6 Å². The maximum absolute atomic E-state index is 4.34. The zero-order valence-corrected chi connectivity index (χ0v) is 11.5. The normalized spacial score (nSPS) is 16.9. The van der Waals surface area contributed by atoms with Crippen LogP contribution < -0.4 is 5.32 Å². The third-order valence-electron chi connectivity index (χ3n) is 3.97. The van der Waals surface area contributed by atoms with Crippen molar-refractivity contribution in [2.45, 2.75) is 32.2 Å². The number of aromatic nitrogens is 3. The molecule has 1 aliphatic carbocycles. The Kier molecular flexibility index (Phi) is 3.23. The van der Waals surface area contributed by atoms with E-state index in [1.165, 1.54) is 19.3 Å². The van der Waals surface area contributed by atoms with Gasteiger partial charge >= 0.3 is 0 Å². The summed E-state index contributed by atoms with van der Waals surface area (Å²) < 4.78 is 1.73. The highest BCUT2D eigenvalue weighted by molar-refractivity contribution is 5.62. The van der Waals surface area contributed by atoms with Crippen LogP contribution in [0.25, 0.3) is 11.4 Å². The van der Waals surface area contributed by atoms with Gasteiger partial charge in [-0.15, -0.1) is 0 Å². The van der Waals surface area contributed by atoms with Gasteiger partial charge in [0.1, 0.15) is 6.33 Å². The molecule has 1 aromatic heterocycles. The van der Waals surface area contributed by atoms with Crippen molar-refractivity contribution in [3.05, 3.63) is 30.6 Å². The second-order valence-corrected chi connectivity index (χ2v) is 5.45. The van der Waals surface area contributed by atoms with Crippen LogP contribution in [-0.4, -0.2) is 20.8 Å². The quantitative estimate of drug-likeness (QED) is 0.914. The van der Waals surface area contributed by atoms with Gasteiger partial charge in [0, 0.05) is 24.3 Å². The number of nitrogens with zero attached hydrogens (tertiary/aromatic N) is 3. The molecule has 100 valence electrons. The Morgan fingerprint density at radius 1 is 1.37 bits per heavy atom. The molecule has 1 saturated carbocycles. The van der Waals surface area contributed by atoms with Gasteiger partial charge in [0.15, 0.2) is 5.82 Å². The van der Waals surface area contributed by atoms with Crippen molar-refractivity contribution in [1.82, 2.24) is 14.8 Å². The third-order valence-corrected chi connectivity index (χ3v) is 3.97. The monoisotopic (exact) mass is 256 g/mol. The zero-order chi connectivity index (χ0) is 13.2. The number of aryl methyl sites for hydroxylation is 1. The van der Waals surface area contributed by atoms with Gasteiger partial charge in [0.25, 0.3) is 0 Å². The lowest BCUT2D eigenvalue weighted by atomic mass is 9.80. The first-order chi connectivity index (χ1) is 9.22. The van der Waals surface area contributed by atoms with Gasteiger partial charge in [-0.05, 0) is 37.8 Å². The van der Waals surface area contributed by atoms with E-state index in [2.05, 4.69) is 46.6 Å². The summed E-state index contributed by atoms with van der Waals surface area (Å²) in [7, 11) is 1.89. The molecule has 0 radical (unpaired) electrons. The highest BCUT2D eigenvalue weighted by atomic mass is 15.3. The SMILES string of the molecule is C[C@H](Nc1cccc(-c2ncn(C)n2)c1)C1CCC1. The maximum atomic E-state index is 4.34. The summed E-state index contributed by atoms with van der Waals surface area (Å²) >= 11 is 0. The van der Waals surface area contributed by atoms with Crippen molar-refractivity contribution in [3.8, 4) is 11.4 Å². The van der Waals surface area contributed by atoms with Crippen LogP contribution in [0, 0.1) is 5.92 Å². The molecule has 1 fully saturated rings. The first-order valence-corrected chi connectivity index (χ1v) is 6.95. The first-order valence-electron chi connectivity index (χ1n) is 6.95. The molecule has 1 aromatic carbocycles. The van der Waals surface area contributed by atoms with Crippen LogP contribution in [0.1, 0.15) is 26.2 Å². The van der Waals surface area contributed by atoms with Crippen LogP contribution in [-0.2, 0) is 7.05 Å². The molecular formula is C15H20N4. The number of nitrogens with one attached hydrogen (secondary N) is 1. The summed E-state index contributed by atoms with van der Waals surface area (Å²) in [5.41, 5.74) is 2.22. The van der Waals surface area contributed by atoms with E-state index >= 15 is 0 Å². The molecule has 0 spiro atoms. The Hall–Kier alpha value is -1.84. The van der Waals surface area contributed by atoms with Crippen LogP contribution in [0.4, 0.5) is 5.69 Å². The van der Waals surface area contributed by atoms with E-state index < -0.39 is 0 Å². The molecule has 1 atom stereocenters. The highest BCUT2D eigenvalue weighted by Crippen LogP contribution is 2.31.